The van der Waals surface area contributed by atoms with Crippen LogP contribution in [0.25, 0.3) is 22.0 Å². The average Bonchev–Trinajstić information content (AvgIpc) is 3.51. The zero-order chi connectivity index (χ0) is 24.2. The second-order valence-corrected chi connectivity index (χ2v) is 10.3. The van der Waals surface area contributed by atoms with Gasteiger partial charge in [-0.05, 0) is 85.3 Å². The van der Waals surface area contributed by atoms with Gasteiger partial charge in [0.25, 0.3) is 15.9 Å². The predicted molar refractivity (Wildman–Crippen MR) is 124 cm³/mol. The largest absolute Gasteiger partial charge is 0.349 e. The molecule has 0 spiro atoms. The summed E-state index contributed by atoms with van der Waals surface area (Å²) < 4.78 is 55.7. The van der Waals surface area contributed by atoms with E-state index in [1.807, 2.05) is 0 Å². The number of rotatable bonds is 5. The molecule has 0 atom stereocenters. The number of fused-ring (bicyclic) bond motifs is 1. The highest BCUT2D eigenvalue weighted by molar-refractivity contribution is 7.90. The topological polar surface area (TPSA) is 81.1 Å². The zero-order valence-electron chi connectivity index (χ0n) is 18.5. The van der Waals surface area contributed by atoms with Gasteiger partial charge in [0.05, 0.1) is 16.6 Å². The lowest BCUT2D eigenvalue weighted by molar-refractivity contribution is 0.0950. The first-order valence-corrected chi connectivity index (χ1v) is 12.2. The second kappa shape index (κ2) is 8.02. The molecule has 1 fully saturated rings. The molecule has 6 nitrogen and oxygen atoms in total. The summed E-state index contributed by atoms with van der Waals surface area (Å²) in [5.74, 6) is -1.49. The Labute approximate surface area is 195 Å². The van der Waals surface area contributed by atoms with Gasteiger partial charge in [-0.1, -0.05) is 12.1 Å². The molecule has 0 unspecified atom stereocenters. The van der Waals surface area contributed by atoms with Crippen molar-refractivity contribution in [1.29, 1.82) is 0 Å². The third kappa shape index (κ3) is 3.86. The zero-order valence-corrected chi connectivity index (χ0v) is 19.3. The SMILES string of the molecule is Cc1ccc(F)cc1S(=O)(=O)n1ncc2cc(-c3cc(C(=O)NC4CC4)cc(F)c3C)ccc21. The molecule has 9 heteroatoms. The van der Waals surface area contributed by atoms with E-state index >= 15 is 0 Å². The molecule has 0 bridgehead atoms. The highest BCUT2D eigenvalue weighted by Gasteiger charge is 2.25. The minimum Gasteiger partial charge on any atom is -0.349 e. The van der Waals surface area contributed by atoms with Crippen molar-refractivity contribution in [3.8, 4) is 11.1 Å². The predicted octanol–water partition coefficient (Wildman–Crippen LogP) is 4.73. The molecule has 0 aliphatic heterocycles. The van der Waals surface area contributed by atoms with Crippen molar-refractivity contribution in [3.63, 3.8) is 0 Å². The third-order valence-electron chi connectivity index (χ3n) is 6.02. The number of carbonyl (C=O) groups excluding carboxylic acids is 1. The van der Waals surface area contributed by atoms with Crippen LogP contribution in [0.5, 0.6) is 0 Å². The second-order valence-electron chi connectivity index (χ2n) is 8.55. The molecule has 34 heavy (non-hydrogen) atoms. The van der Waals surface area contributed by atoms with E-state index in [1.54, 1.807) is 38.1 Å². The van der Waals surface area contributed by atoms with Crippen LogP contribution in [-0.2, 0) is 10.0 Å². The summed E-state index contributed by atoms with van der Waals surface area (Å²) in [6.45, 7) is 3.21. The van der Waals surface area contributed by atoms with E-state index in [4.69, 9.17) is 0 Å². The molecule has 1 aromatic heterocycles. The van der Waals surface area contributed by atoms with Gasteiger partial charge in [-0.2, -0.15) is 17.6 Å². The van der Waals surface area contributed by atoms with Crippen LogP contribution in [0.15, 0.2) is 59.6 Å². The number of nitrogens with one attached hydrogen (secondary N) is 1. The van der Waals surface area contributed by atoms with E-state index in [2.05, 4.69) is 10.4 Å². The van der Waals surface area contributed by atoms with Crippen molar-refractivity contribution in [3.05, 3.63) is 83.1 Å². The Morgan fingerprint density at radius 3 is 2.56 bits per heavy atom. The fourth-order valence-corrected chi connectivity index (χ4v) is 5.44. The normalized spacial score (nSPS) is 13.9. The molecule has 1 aliphatic rings. The Hall–Kier alpha value is -3.59. The van der Waals surface area contributed by atoms with Crippen LogP contribution < -0.4 is 5.32 Å². The summed E-state index contributed by atoms with van der Waals surface area (Å²) in [5.41, 5.74) is 2.44. The molecule has 174 valence electrons. The summed E-state index contributed by atoms with van der Waals surface area (Å²) in [7, 11) is -4.14. The molecule has 5 rings (SSSR count). The van der Waals surface area contributed by atoms with Gasteiger partial charge >= 0.3 is 0 Å². The van der Waals surface area contributed by atoms with E-state index in [1.165, 1.54) is 24.4 Å². The van der Waals surface area contributed by atoms with Gasteiger partial charge in [0.1, 0.15) is 11.6 Å². The molecule has 0 saturated heterocycles. The average molecular weight is 482 g/mol. The number of nitrogens with zero attached hydrogens (tertiary/aromatic N) is 2. The first-order chi connectivity index (χ1) is 16.1. The van der Waals surface area contributed by atoms with E-state index in [0.717, 1.165) is 23.0 Å². The molecule has 3 aromatic carbocycles. The van der Waals surface area contributed by atoms with Gasteiger partial charge in [0.2, 0.25) is 0 Å². The number of aryl methyl sites for hydroxylation is 1. The van der Waals surface area contributed by atoms with Crippen molar-refractivity contribution < 1.29 is 22.0 Å². The summed E-state index contributed by atoms with van der Waals surface area (Å²) >= 11 is 0. The van der Waals surface area contributed by atoms with Crippen LogP contribution in [0.3, 0.4) is 0 Å². The Morgan fingerprint density at radius 1 is 1.06 bits per heavy atom. The molecule has 0 radical (unpaired) electrons. The van der Waals surface area contributed by atoms with Crippen molar-refractivity contribution in [2.75, 3.05) is 0 Å². The molecule has 1 saturated carbocycles. The summed E-state index contributed by atoms with van der Waals surface area (Å²) in [6, 6.07) is 11.5. The number of benzene rings is 3. The van der Waals surface area contributed by atoms with E-state index in [-0.39, 0.29) is 22.4 Å². The molecular formula is C25H21F2N3O3S. The first-order valence-electron chi connectivity index (χ1n) is 10.8. The van der Waals surface area contributed by atoms with Gasteiger partial charge in [-0.15, -0.1) is 0 Å². The van der Waals surface area contributed by atoms with Gasteiger partial charge in [-0.25, -0.2) is 8.78 Å². The molecule has 1 heterocycles. The molecule has 4 aromatic rings. The maximum absolute atomic E-state index is 14.7. The van der Waals surface area contributed by atoms with Gasteiger partial charge in [0, 0.05) is 17.0 Å². The maximum Gasteiger partial charge on any atom is 0.283 e. The lowest BCUT2D eigenvalue weighted by Gasteiger charge is -2.12. The minimum atomic E-state index is -4.14. The van der Waals surface area contributed by atoms with Crippen molar-refractivity contribution in [1.82, 2.24) is 14.5 Å². The summed E-state index contributed by atoms with van der Waals surface area (Å²) in [5, 5.41) is 7.40. The number of hydrogen-bond acceptors (Lipinski definition) is 4. The fraction of sp³-hybridized carbons (Fsp3) is 0.200. The number of amides is 1. The van der Waals surface area contributed by atoms with Crippen molar-refractivity contribution >= 4 is 26.8 Å². The molecule has 1 amide bonds. The number of aromatic nitrogens is 2. The Morgan fingerprint density at radius 2 is 1.82 bits per heavy atom. The molecule has 1 aliphatic carbocycles. The van der Waals surface area contributed by atoms with Gasteiger partial charge in [-0.3, -0.25) is 4.79 Å². The van der Waals surface area contributed by atoms with Crippen LogP contribution in [0, 0.1) is 25.5 Å². The quantitative estimate of drug-likeness (QED) is 0.447. The summed E-state index contributed by atoms with van der Waals surface area (Å²) in [6.07, 6.45) is 3.23. The summed E-state index contributed by atoms with van der Waals surface area (Å²) in [4.78, 5) is 12.3. The van der Waals surface area contributed by atoms with E-state index in [0.29, 0.717) is 33.2 Å². The number of halogens is 2. The lowest BCUT2D eigenvalue weighted by atomic mass is 9.96. The number of hydrogen-bond donors (Lipinski definition) is 1. The van der Waals surface area contributed by atoms with Crippen LogP contribution in [0.1, 0.15) is 34.3 Å². The van der Waals surface area contributed by atoms with Crippen LogP contribution >= 0.6 is 0 Å². The van der Waals surface area contributed by atoms with Crippen molar-refractivity contribution in [2.24, 2.45) is 0 Å². The minimum absolute atomic E-state index is 0.145. The molecular weight excluding hydrogens is 460 g/mol. The Kier molecular flexibility index (Phi) is 5.24. The van der Waals surface area contributed by atoms with E-state index < -0.39 is 21.7 Å². The standard InChI is InChI=1S/C25H21F2N3O3S/c1-14-3-5-19(26)12-24(14)34(32,33)30-23-8-4-16(9-18(23)13-28-30)21-10-17(11-22(27)15(21)2)25(31)29-20-6-7-20/h3-5,8-13,20H,6-7H2,1-2H3,(H,29,31). The fourth-order valence-electron chi connectivity index (χ4n) is 3.92. The van der Waals surface area contributed by atoms with Crippen molar-refractivity contribution in [2.45, 2.75) is 37.6 Å². The molecule has 1 N–H and O–H groups in total. The monoisotopic (exact) mass is 481 g/mol. The van der Waals surface area contributed by atoms with Gasteiger partial charge < -0.3 is 5.32 Å². The third-order valence-corrected chi connectivity index (χ3v) is 7.76. The lowest BCUT2D eigenvalue weighted by Crippen LogP contribution is -2.25. The highest BCUT2D eigenvalue weighted by Crippen LogP contribution is 2.31. The highest BCUT2D eigenvalue weighted by atomic mass is 32.2. The van der Waals surface area contributed by atoms with Crippen LogP contribution in [0.4, 0.5) is 8.78 Å². The van der Waals surface area contributed by atoms with Gasteiger partial charge in [0.15, 0.2) is 0 Å². The van der Waals surface area contributed by atoms with E-state index in [9.17, 15) is 22.0 Å². The Balaban J connectivity index is 1.58. The smallest absolute Gasteiger partial charge is 0.283 e. The van der Waals surface area contributed by atoms with Crippen LogP contribution in [-0.4, -0.2) is 29.6 Å². The first kappa shape index (κ1) is 22.2. The Bertz CT molecular complexity index is 1570. The maximum atomic E-state index is 14.7. The number of carbonyl (C=O) groups is 1. The van der Waals surface area contributed by atoms with Crippen LogP contribution in [0.2, 0.25) is 0 Å².